The van der Waals surface area contributed by atoms with Gasteiger partial charge in [0.25, 0.3) is 0 Å². The number of carbonyl (C=O) groups excluding carboxylic acids is 1. The lowest BCUT2D eigenvalue weighted by Crippen LogP contribution is -2.56. The molecule has 9 nitrogen and oxygen atoms in total. The lowest BCUT2D eigenvalue weighted by Gasteiger charge is -2.28. The minimum atomic E-state index is -3.49. The molecule has 80 valence electrons. The lowest BCUT2D eigenvalue weighted by molar-refractivity contribution is -0.374. The van der Waals surface area contributed by atoms with Gasteiger partial charge in [0.2, 0.25) is 12.4 Å². The van der Waals surface area contributed by atoms with Crippen LogP contribution in [0.4, 0.5) is 0 Å². The highest BCUT2D eigenvalue weighted by Crippen LogP contribution is 2.02. The highest BCUT2D eigenvalue weighted by atomic mass is 16.7. The Bertz CT molecular complexity index is 257. The number of nitrogens with two attached hydrogens (primary N) is 1. The van der Waals surface area contributed by atoms with Crippen LogP contribution in [-0.2, 0) is 9.59 Å². The first-order valence-electron chi connectivity index (χ1n) is 3.22. The molecule has 14 heavy (non-hydrogen) atoms. The van der Waals surface area contributed by atoms with Crippen molar-refractivity contribution >= 4 is 18.3 Å². The van der Waals surface area contributed by atoms with Gasteiger partial charge in [0.1, 0.15) is 6.54 Å². The Morgan fingerprint density at radius 1 is 1.50 bits per heavy atom. The largest absolute Gasteiger partial charge is 0.480 e. The van der Waals surface area contributed by atoms with E-state index in [1.54, 1.807) is 0 Å². The van der Waals surface area contributed by atoms with Gasteiger partial charge >= 0.3 is 12.1 Å². The number of aliphatic carboxylic acids is 1. The van der Waals surface area contributed by atoms with Crippen LogP contribution in [0.1, 0.15) is 0 Å². The fourth-order valence-corrected chi connectivity index (χ4v) is 0.600. The highest BCUT2D eigenvalue weighted by Gasteiger charge is 2.32. The van der Waals surface area contributed by atoms with Gasteiger partial charge in [-0.25, -0.2) is 0 Å². The average molecular weight is 207 g/mol. The summed E-state index contributed by atoms with van der Waals surface area (Å²) < 4.78 is 0. The van der Waals surface area contributed by atoms with Gasteiger partial charge in [0, 0.05) is 0 Å². The molecule has 0 atom stereocenters. The van der Waals surface area contributed by atoms with Gasteiger partial charge in [0.15, 0.2) is 0 Å². The zero-order valence-electron chi connectivity index (χ0n) is 6.86. The second kappa shape index (κ2) is 4.50. The standard InChI is InChI=1S/C5H9N3O6/c6-4(7-2-9)8(1-3(10)11)5(12,13)14/h2,12-14H,1H2,(H,10,11)(H2,6,7,9). The molecule has 6 N–H and O–H groups in total. The minimum absolute atomic E-state index is 0.00370. The van der Waals surface area contributed by atoms with Crippen LogP contribution < -0.4 is 5.73 Å². The van der Waals surface area contributed by atoms with Gasteiger partial charge in [-0.05, 0) is 0 Å². The van der Waals surface area contributed by atoms with E-state index in [0.29, 0.717) is 0 Å². The van der Waals surface area contributed by atoms with Gasteiger partial charge in [-0.1, -0.05) is 0 Å². The van der Waals surface area contributed by atoms with Crippen molar-refractivity contribution in [1.29, 1.82) is 0 Å². The van der Waals surface area contributed by atoms with E-state index in [-0.39, 0.29) is 11.3 Å². The topological polar surface area (TPSA) is 157 Å². The zero-order valence-corrected chi connectivity index (χ0v) is 6.86. The van der Waals surface area contributed by atoms with E-state index in [2.05, 4.69) is 4.99 Å². The van der Waals surface area contributed by atoms with Crippen molar-refractivity contribution in [2.45, 2.75) is 6.10 Å². The Hall–Kier alpha value is -1.71. The molecular weight excluding hydrogens is 198 g/mol. The maximum Gasteiger partial charge on any atom is 0.372 e. The average Bonchev–Trinajstić information content (AvgIpc) is 1.98. The summed E-state index contributed by atoms with van der Waals surface area (Å²) in [6, 6.07) is 0. The van der Waals surface area contributed by atoms with E-state index in [1.165, 1.54) is 0 Å². The van der Waals surface area contributed by atoms with E-state index in [4.69, 9.17) is 26.2 Å². The number of carbonyl (C=O) groups is 2. The molecule has 0 aliphatic rings. The summed E-state index contributed by atoms with van der Waals surface area (Å²) in [7, 11) is 0. The molecule has 0 fully saturated rings. The monoisotopic (exact) mass is 207 g/mol. The van der Waals surface area contributed by atoms with Crippen molar-refractivity contribution in [3.8, 4) is 0 Å². The van der Waals surface area contributed by atoms with Crippen LogP contribution in [0, 0.1) is 0 Å². The summed E-state index contributed by atoms with van der Waals surface area (Å²) >= 11 is 0. The van der Waals surface area contributed by atoms with E-state index in [0.717, 1.165) is 0 Å². The predicted molar refractivity (Wildman–Crippen MR) is 41.4 cm³/mol. The van der Waals surface area contributed by atoms with Crippen LogP contribution in [-0.4, -0.2) is 56.3 Å². The number of hydrogen-bond acceptors (Lipinski definition) is 5. The van der Waals surface area contributed by atoms with Crippen LogP contribution in [0.2, 0.25) is 0 Å². The van der Waals surface area contributed by atoms with Crippen molar-refractivity contribution < 1.29 is 30.0 Å². The molecule has 0 aromatic heterocycles. The molecule has 0 rings (SSSR count). The van der Waals surface area contributed by atoms with E-state index in [1.807, 2.05) is 0 Å². The van der Waals surface area contributed by atoms with Crippen molar-refractivity contribution in [2.75, 3.05) is 6.54 Å². The van der Waals surface area contributed by atoms with Gasteiger partial charge in [-0.15, -0.1) is 0 Å². The fraction of sp³-hybridized carbons (Fsp3) is 0.400. The molecule has 0 aliphatic heterocycles. The maximum atomic E-state index is 10.2. The van der Waals surface area contributed by atoms with Crippen molar-refractivity contribution in [3.05, 3.63) is 0 Å². The second-order valence-corrected chi connectivity index (χ2v) is 2.17. The van der Waals surface area contributed by atoms with Gasteiger partial charge in [-0.3, -0.25) is 14.5 Å². The van der Waals surface area contributed by atoms with Crippen LogP contribution in [0.3, 0.4) is 0 Å². The smallest absolute Gasteiger partial charge is 0.372 e. The molecule has 0 aromatic carbocycles. The molecular formula is C5H9N3O6. The second-order valence-electron chi connectivity index (χ2n) is 2.17. The number of aliphatic imine (C=N–C) groups is 1. The molecule has 0 radical (unpaired) electrons. The summed E-state index contributed by atoms with van der Waals surface area (Å²) in [5, 5.41) is 34.2. The molecule has 0 aliphatic carbocycles. The van der Waals surface area contributed by atoms with E-state index < -0.39 is 24.6 Å². The quantitative estimate of drug-likeness (QED) is 0.137. The van der Waals surface area contributed by atoms with Crippen LogP contribution in [0.15, 0.2) is 4.99 Å². The first-order chi connectivity index (χ1) is 6.29. The third-order valence-electron chi connectivity index (χ3n) is 1.12. The number of carboxylic acids is 1. The van der Waals surface area contributed by atoms with Crippen LogP contribution in [0.25, 0.3) is 0 Å². The van der Waals surface area contributed by atoms with Gasteiger partial charge in [-0.2, -0.15) is 4.99 Å². The number of guanidine groups is 1. The number of aliphatic hydroxyl groups is 3. The minimum Gasteiger partial charge on any atom is -0.480 e. The first-order valence-corrected chi connectivity index (χ1v) is 3.22. The third kappa shape index (κ3) is 3.80. The zero-order chi connectivity index (χ0) is 11.4. The Balaban J connectivity index is 4.81. The molecule has 0 bridgehead atoms. The van der Waals surface area contributed by atoms with Crippen LogP contribution in [0.5, 0.6) is 0 Å². The Morgan fingerprint density at radius 3 is 2.29 bits per heavy atom. The lowest BCUT2D eigenvalue weighted by atomic mass is 10.5. The number of carboxylic acid groups (broad SMARTS) is 1. The summed E-state index contributed by atoms with van der Waals surface area (Å²) in [4.78, 5) is 22.9. The van der Waals surface area contributed by atoms with Crippen LogP contribution >= 0.6 is 0 Å². The number of rotatable bonds is 4. The Morgan fingerprint density at radius 2 is 2.00 bits per heavy atom. The fourth-order valence-electron chi connectivity index (χ4n) is 0.600. The Kier molecular flexibility index (Phi) is 3.95. The molecule has 0 aromatic rings. The molecule has 9 heteroatoms. The summed E-state index contributed by atoms with van der Waals surface area (Å²) in [5.41, 5.74) is 4.96. The first kappa shape index (κ1) is 12.3. The predicted octanol–water partition coefficient (Wildman–Crippen LogP) is -3.57. The normalized spacial score (nSPS) is 12.4. The van der Waals surface area contributed by atoms with Gasteiger partial charge in [0.05, 0.1) is 0 Å². The number of amides is 1. The van der Waals surface area contributed by atoms with Crippen molar-refractivity contribution in [1.82, 2.24) is 4.90 Å². The van der Waals surface area contributed by atoms with Gasteiger partial charge < -0.3 is 26.2 Å². The maximum absolute atomic E-state index is 10.2. The van der Waals surface area contributed by atoms with Crippen molar-refractivity contribution in [3.63, 3.8) is 0 Å². The Labute approximate surface area is 77.7 Å². The number of nitrogens with zero attached hydrogens (tertiary/aromatic N) is 2. The highest BCUT2D eigenvalue weighted by molar-refractivity contribution is 5.87. The van der Waals surface area contributed by atoms with E-state index >= 15 is 0 Å². The SMILES string of the molecule is NC(=NC=O)N(CC(=O)O)C(O)(O)O. The van der Waals surface area contributed by atoms with Crippen molar-refractivity contribution in [2.24, 2.45) is 10.7 Å². The number of hydrogen-bond donors (Lipinski definition) is 5. The molecule has 0 saturated carbocycles. The third-order valence-corrected chi connectivity index (χ3v) is 1.12. The molecule has 0 spiro atoms. The van der Waals surface area contributed by atoms with E-state index in [9.17, 15) is 9.59 Å². The summed E-state index contributed by atoms with van der Waals surface area (Å²) in [5.74, 6) is -2.34. The molecule has 0 heterocycles. The molecule has 0 saturated heterocycles. The molecule has 0 unspecified atom stereocenters. The summed E-state index contributed by atoms with van der Waals surface area (Å²) in [6.07, 6.45) is -3.54. The summed E-state index contributed by atoms with van der Waals surface area (Å²) in [6.45, 7) is -1.04. The molecule has 1 amide bonds.